The molecule has 0 bridgehead atoms. The van der Waals surface area contributed by atoms with Crippen molar-refractivity contribution < 1.29 is 9.90 Å². The van der Waals surface area contributed by atoms with Crippen LogP contribution in [0.25, 0.3) is 0 Å². The number of aliphatic hydroxyl groups excluding tert-OH is 1. The van der Waals surface area contributed by atoms with Crippen molar-refractivity contribution in [1.82, 2.24) is 15.1 Å². The summed E-state index contributed by atoms with van der Waals surface area (Å²) in [4.78, 5) is 13.6. The average Bonchev–Trinajstić information content (AvgIpc) is 2.84. The Bertz CT molecular complexity index is 363. The minimum absolute atomic E-state index is 0.114. The average molecular weight is 210 g/mol. The number of carbonyl (C=O) groups is 1. The molecule has 0 saturated carbocycles. The molecule has 1 amide bonds. The van der Waals surface area contributed by atoms with Crippen LogP contribution in [0, 0.1) is 5.92 Å². The van der Waals surface area contributed by atoms with Crippen LogP contribution in [0.1, 0.15) is 16.8 Å². The smallest absolute Gasteiger partial charge is 0.259 e. The van der Waals surface area contributed by atoms with E-state index in [1.807, 2.05) is 0 Å². The third kappa shape index (κ3) is 1.80. The zero-order valence-corrected chi connectivity index (χ0v) is 8.31. The first-order chi connectivity index (χ1) is 7.22. The van der Waals surface area contributed by atoms with Gasteiger partial charge in [-0.05, 0) is 6.42 Å². The molecule has 1 fully saturated rings. The van der Waals surface area contributed by atoms with E-state index in [1.54, 1.807) is 4.90 Å². The number of carbonyl (C=O) groups excluding carboxylic acids is 1. The Morgan fingerprint density at radius 3 is 3.13 bits per heavy atom. The van der Waals surface area contributed by atoms with E-state index in [-0.39, 0.29) is 18.4 Å². The molecule has 4 N–H and O–H groups in total. The van der Waals surface area contributed by atoms with Crippen LogP contribution in [0.4, 0.5) is 5.82 Å². The number of hydrogen-bond acceptors (Lipinski definition) is 4. The first-order valence-electron chi connectivity index (χ1n) is 4.91. The van der Waals surface area contributed by atoms with Crippen molar-refractivity contribution >= 4 is 11.7 Å². The maximum absolute atomic E-state index is 11.9. The number of aliphatic hydroxyl groups is 1. The molecule has 1 aliphatic heterocycles. The lowest BCUT2D eigenvalue weighted by molar-refractivity contribution is 0.0783. The van der Waals surface area contributed by atoms with Crippen LogP contribution >= 0.6 is 0 Å². The molecule has 2 heterocycles. The van der Waals surface area contributed by atoms with Crippen LogP contribution in [0.3, 0.4) is 0 Å². The normalized spacial score (nSPS) is 20.9. The van der Waals surface area contributed by atoms with Crippen LogP contribution < -0.4 is 5.73 Å². The third-order valence-corrected chi connectivity index (χ3v) is 2.73. The molecule has 2 rings (SSSR count). The quantitative estimate of drug-likeness (QED) is 0.610. The Morgan fingerprint density at radius 1 is 1.80 bits per heavy atom. The monoisotopic (exact) mass is 210 g/mol. The molecular weight excluding hydrogens is 196 g/mol. The van der Waals surface area contributed by atoms with Gasteiger partial charge in [0.2, 0.25) is 0 Å². The van der Waals surface area contributed by atoms with Gasteiger partial charge in [0.1, 0.15) is 11.4 Å². The number of likely N-dealkylation sites (tertiary alicyclic amines) is 1. The second-order valence-corrected chi connectivity index (χ2v) is 3.79. The second kappa shape index (κ2) is 3.90. The Labute approximate surface area is 87.1 Å². The van der Waals surface area contributed by atoms with Gasteiger partial charge in [0.05, 0.1) is 6.20 Å². The highest BCUT2D eigenvalue weighted by Gasteiger charge is 2.27. The minimum Gasteiger partial charge on any atom is -0.396 e. The van der Waals surface area contributed by atoms with Gasteiger partial charge in [-0.3, -0.25) is 9.89 Å². The maximum Gasteiger partial charge on any atom is 0.259 e. The van der Waals surface area contributed by atoms with Gasteiger partial charge < -0.3 is 15.7 Å². The predicted molar refractivity (Wildman–Crippen MR) is 54.1 cm³/mol. The van der Waals surface area contributed by atoms with E-state index in [9.17, 15) is 4.79 Å². The van der Waals surface area contributed by atoms with Crippen molar-refractivity contribution in [2.75, 3.05) is 25.4 Å². The van der Waals surface area contributed by atoms with Crippen LogP contribution in [0.2, 0.25) is 0 Å². The Hall–Kier alpha value is -1.56. The van der Waals surface area contributed by atoms with E-state index in [1.165, 1.54) is 6.20 Å². The van der Waals surface area contributed by atoms with Crippen molar-refractivity contribution in [1.29, 1.82) is 0 Å². The molecule has 1 aromatic heterocycles. The largest absolute Gasteiger partial charge is 0.396 e. The zero-order chi connectivity index (χ0) is 10.8. The Kier molecular flexibility index (Phi) is 2.59. The molecule has 0 aliphatic carbocycles. The highest BCUT2D eigenvalue weighted by Crippen LogP contribution is 2.19. The Morgan fingerprint density at radius 2 is 2.60 bits per heavy atom. The number of nitrogen functional groups attached to an aromatic ring is 1. The summed E-state index contributed by atoms with van der Waals surface area (Å²) in [6, 6.07) is 0. The second-order valence-electron chi connectivity index (χ2n) is 3.79. The lowest BCUT2D eigenvalue weighted by atomic mass is 10.1. The van der Waals surface area contributed by atoms with Crippen LogP contribution in [0.15, 0.2) is 6.20 Å². The van der Waals surface area contributed by atoms with E-state index in [4.69, 9.17) is 10.8 Å². The van der Waals surface area contributed by atoms with Gasteiger partial charge in [0, 0.05) is 25.6 Å². The first-order valence-corrected chi connectivity index (χ1v) is 4.91. The molecule has 15 heavy (non-hydrogen) atoms. The number of nitrogens with one attached hydrogen (secondary N) is 1. The minimum atomic E-state index is -0.114. The lowest BCUT2D eigenvalue weighted by Crippen LogP contribution is -2.29. The third-order valence-electron chi connectivity index (χ3n) is 2.73. The van der Waals surface area contributed by atoms with Gasteiger partial charge in [-0.15, -0.1) is 0 Å². The first kappa shape index (κ1) is 9.97. The van der Waals surface area contributed by atoms with Crippen molar-refractivity contribution in [3.8, 4) is 0 Å². The van der Waals surface area contributed by atoms with Gasteiger partial charge in [0.25, 0.3) is 5.91 Å². The SMILES string of the molecule is Nc1[nH]ncc1C(=O)N1CCC(CO)C1. The van der Waals surface area contributed by atoms with Gasteiger partial charge in [-0.25, -0.2) is 0 Å². The number of hydrogen-bond donors (Lipinski definition) is 3. The molecule has 0 radical (unpaired) electrons. The van der Waals surface area contributed by atoms with E-state index < -0.39 is 0 Å². The van der Waals surface area contributed by atoms with Crippen molar-refractivity contribution in [2.45, 2.75) is 6.42 Å². The van der Waals surface area contributed by atoms with E-state index in [0.717, 1.165) is 6.42 Å². The van der Waals surface area contributed by atoms with Crippen molar-refractivity contribution in [2.24, 2.45) is 5.92 Å². The fourth-order valence-corrected chi connectivity index (χ4v) is 1.80. The molecule has 1 aromatic rings. The zero-order valence-electron chi connectivity index (χ0n) is 8.31. The number of amides is 1. The topological polar surface area (TPSA) is 95.2 Å². The summed E-state index contributed by atoms with van der Waals surface area (Å²) in [6.45, 7) is 1.40. The number of H-pyrrole nitrogens is 1. The molecule has 0 spiro atoms. The van der Waals surface area contributed by atoms with Gasteiger partial charge >= 0.3 is 0 Å². The van der Waals surface area contributed by atoms with E-state index in [0.29, 0.717) is 24.5 Å². The van der Waals surface area contributed by atoms with Crippen LogP contribution in [0.5, 0.6) is 0 Å². The van der Waals surface area contributed by atoms with Crippen LogP contribution in [-0.4, -0.2) is 45.8 Å². The standard InChI is InChI=1S/C9H14N4O2/c10-8-7(3-11-12-8)9(15)13-2-1-6(4-13)5-14/h3,6,14H,1-2,4-5H2,(H3,10,11,12). The van der Waals surface area contributed by atoms with Crippen LogP contribution in [-0.2, 0) is 0 Å². The number of anilines is 1. The summed E-state index contributed by atoms with van der Waals surface area (Å²) in [5.74, 6) is 0.381. The number of aromatic amines is 1. The summed E-state index contributed by atoms with van der Waals surface area (Å²) in [5, 5.41) is 15.2. The molecule has 1 unspecified atom stereocenters. The highest BCUT2D eigenvalue weighted by molar-refractivity contribution is 5.98. The number of nitrogens with two attached hydrogens (primary N) is 1. The van der Waals surface area contributed by atoms with E-state index >= 15 is 0 Å². The molecular formula is C9H14N4O2. The maximum atomic E-state index is 11.9. The van der Waals surface area contributed by atoms with Crippen molar-refractivity contribution in [3.63, 3.8) is 0 Å². The molecule has 6 heteroatoms. The summed E-state index contributed by atoms with van der Waals surface area (Å²) in [7, 11) is 0. The van der Waals surface area contributed by atoms with Gasteiger partial charge in [-0.2, -0.15) is 5.10 Å². The van der Waals surface area contributed by atoms with Gasteiger partial charge in [0.15, 0.2) is 0 Å². The molecule has 1 aliphatic rings. The molecule has 82 valence electrons. The lowest BCUT2D eigenvalue weighted by Gasteiger charge is -2.15. The van der Waals surface area contributed by atoms with Gasteiger partial charge in [-0.1, -0.05) is 0 Å². The predicted octanol–water partition coefficient (Wildman–Crippen LogP) is -0.554. The van der Waals surface area contributed by atoms with E-state index in [2.05, 4.69) is 10.2 Å². The number of aromatic nitrogens is 2. The fourth-order valence-electron chi connectivity index (χ4n) is 1.80. The number of nitrogens with zero attached hydrogens (tertiary/aromatic N) is 2. The molecule has 1 atom stereocenters. The Balaban J connectivity index is 2.07. The molecule has 6 nitrogen and oxygen atoms in total. The number of rotatable bonds is 2. The summed E-state index contributed by atoms with van der Waals surface area (Å²) < 4.78 is 0. The van der Waals surface area contributed by atoms with Crippen molar-refractivity contribution in [3.05, 3.63) is 11.8 Å². The molecule has 1 saturated heterocycles. The molecule has 0 aromatic carbocycles. The summed E-state index contributed by atoms with van der Waals surface area (Å²) in [6.07, 6.45) is 2.28. The highest BCUT2D eigenvalue weighted by atomic mass is 16.3. The summed E-state index contributed by atoms with van der Waals surface area (Å²) in [5.41, 5.74) is 5.97. The summed E-state index contributed by atoms with van der Waals surface area (Å²) >= 11 is 0. The fraction of sp³-hybridized carbons (Fsp3) is 0.556.